The number of nitrogens with zero attached hydrogens (tertiary/aromatic N) is 1. The van der Waals surface area contributed by atoms with Crippen molar-refractivity contribution in [3.63, 3.8) is 0 Å². The summed E-state index contributed by atoms with van der Waals surface area (Å²) in [5.41, 5.74) is 0.288. The van der Waals surface area contributed by atoms with Crippen molar-refractivity contribution in [1.29, 1.82) is 0 Å². The normalized spacial score (nSPS) is 11.0. The van der Waals surface area contributed by atoms with Gasteiger partial charge in [0, 0.05) is 31.1 Å². The zero-order valence-electron chi connectivity index (χ0n) is 13.7. The number of amides is 2. The van der Waals surface area contributed by atoms with Crippen molar-refractivity contribution in [1.82, 2.24) is 4.90 Å². The Bertz CT molecular complexity index is 553. The Labute approximate surface area is 136 Å². The number of hydrogen-bond acceptors (Lipinski definition) is 3. The van der Waals surface area contributed by atoms with Gasteiger partial charge in [-0.25, -0.2) is 0 Å². The van der Waals surface area contributed by atoms with Gasteiger partial charge in [0.15, 0.2) is 0 Å². The Morgan fingerprint density at radius 1 is 1.32 bits per heavy atom. The number of nitrogens with one attached hydrogen (secondary N) is 1. The summed E-state index contributed by atoms with van der Waals surface area (Å²) in [5, 5.41) is 3.19. The fraction of sp³-hybridized carbons (Fsp3) is 0.500. The minimum atomic E-state index is -0.310. The van der Waals surface area contributed by atoms with E-state index < -0.39 is 0 Å². The number of carbonyl (C=O) groups is 2. The van der Waals surface area contributed by atoms with Crippen molar-refractivity contribution in [2.75, 3.05) is 19.0 Å². The quantitative estimate of drug-likeness (QED) is 0.903. The van der Waals surface area contributed by atoms with Crippen molar-refractivity contribution >= 4 is 29.1 Å². The van der Waals surface area contributed by atoms with Crippen molar-refractivity contribution < 1.29 is 14.3 Å². The van der Waals surface area contributed by atoms with Crippen LogP contribution in [0, 0.1) is 0 Å². The molecule has 122 valence electrons. The summed E-state index contributed by atoms with van der Waals surface area (Å²) in [6.45, 7) is 7.70. The van der Waals surface area contributed by atoms with Gasteiger partial charge in [-0.05, 0) is 39.0 Å². The summed E-state index contributed by atoms with van der Waals surface area (Å²) < 4.78 is 5.06. The van der Waals surface area contributed by atoms with E-state index in [1.54, 1.807) is 23.1 Å². The lowest BCUT2D eigenvalue weighted by atomic mass is 10.1. The third-order valence-corrected chi connectivity index (χ3v) is 3.48. The first-order valence-corrected chi connectivity index (χ1v) is 7.44. The van der Waals surface area contributed by atoms with E-state index in [0.29, 0.717) is 23.0 Å². The highest BCUT2D eigenvalue weighted by atomic mass is 35.5. The first-order chi connectivity index (χ1) is 10.1. The summed E-state index contributed by atoms with van der Waals surface area (Å²) in [7, 11) is 1.53. The van der Waals surface area contributed by atoms with Crippen molar-refractivity contribution in [2.45, 2.75) is 39.7 Å². The molecule has 0 saturated carbocycles. The van der Waals surface area contributed by atoms with Gasteiger partial charge >= 0.3 is 0 Å². The minimum Gasteiger partial charge on any atom is -0.495 e. The first-order valence-electron chi connectivity index (χ1n) is 7.06. The molecule has 0 bridgehead atoms. The second-order valence-corrected chi connectivity index (χ2v) is 6.40. The van der Waals surface area contributed by atoms with Crippen LogP contribution in [-0.2, 0) is 9.59 Å². The van der Waals surface area contributed by atoms with Crippen LogP contribution in [0.1, 0.15) is 34.1 Å². The molecule has 22 heavy (non-hydrogen) atoms. The van der Waals surface area contributed by atoms with E-state index in [4.69, 9.17) is 16.3 Å². The van der Waals surface area contributed by atoms with Gasteiger partial charge in [-0.15, -0.1) is 0 Å². The van der Waals surface area contributed by atoms with Crippen LogP contribution in [0.3, 0.4) is 0 Å². The van der Waals surface area contributed by atoms with E-state index in [-0.39, 0.29) is 23.8 Å². The number of methoxy groups -OCH3 is 1. The molecule has 5 nitrogen and oxygen atoms in total. The molecule has 0 aliphatic heterocycles. The number of ether oxygens (including phenoxy) is 1. The highest BCUT2D eigenvalue weighted by molar-refractivity contribution is 6.32. The van der Waals surface area contributed by atoms with Crippen LogP contribution >= 0.6 is 11.6 Å². The van der Waals surface area contributed by atoms with Crippen molar-refractivity contribution in [3.05, 3.63) is 23.2 Å². The first kappa shape index (κ1) is 18.3. The zero-order chi connectivity index (χ0) is 16.9. The minimum absolute atomic E-state index is 0.0483. The number of halogens is 1. The molecule has 0 spiro atoms. The summed E-state index contributed by atoms with van der Waals surface area (Å²) >= 11 is 6.01. The molecule has 0 unspecified atom stereocenters. The molecule has 6 heteroatoms. The van der Waals surface area contributed by atoms with Crippen molar-refractivity contribution in [2.24, 2.45) is 0 Å². The van der Waals surface area contributed by atoms with Gasteiger partial charge in [-0.2, -0.15) is 0 Å². The van der Waals surface area contributed by atoms with E-state index in [1.807, 2.05) is 20.8 Å². The second-order valence-electron chi connectivity index (χ2n) is 5.99. The molecule has 0 heterocycles. The van der Waals surface area contributed by atoms with Crippen LogP contribution in [0.25, 0.3) is 0 Å². The standard InChI is InChI=1S/C16H23ClN2O3/c1-11(20)19(16(2,3)4)9-8-15(21)18-12-6-7-14(22-5)13(17)10-12/h6-7,10H,8-9H2,1-5H3,(H,18,21). The third kappa shape index (κ3) is 5.22. The zero-order valence-corrected chi connectivity index (χ0v) is 14.5. The maximum atomic E-state index is 12.0. The van der Waals surface area contributed by atoms with Crippen LogP contribution < -0.4 is 10.1 Å². The topological polar surface area (TPSA) is 58.6 Å². The van der Waals surface area contributed by atoms with Gasteiger partial charge in [-0.1, -0.05) is 11.6 Å². The van der Waals surface area contributed by atoms with Crippen LogP contribution in [0.4, 0.5) is 5.69 Å². The van der Waals surface area contributed by atoms with Crippen LogP contribution in [0.2, 0.25) is 5.02 Å². The maximum Gasteiger partial charge on any atom is 0.226 e. The Morgan fingerprint density at radius 2 is 1.95 bits per heavy atom. The van der Waals surface area contributed by atoms with Gasteiger partial charge in [0.1, 0.15) is 5.75 Å². The SMILES string of the molecule is COc1ccc(NC(=O)CCN(C(C)=O)C(C)(C)C)cc1Cl. The molecule has 0 radical (unpaired) electrons. The average Bonchev–Trinajstić information content (AvgIpc) is 2.37. The fourth-order valence-electron chi connectivity index (χ4n) is 2.15. The highest BCUT2D eigenvalue weighted by Crippen LogP contribution is 2.27. The largest absolute Gasteiger partial charge is 0.495 e. The van der Waals surface area contributed by atoms with Gasteiger partial charge in [0.25, 0.3) is 0 Å². The molecule has 0 atom stereocenters. The number of hydrogen-bond donors (Lipinski definition) is 1. The van der Waals surface area contributed by atoms with Gasteiger partial charge < -0.3 is 15.0 Å². The lowest BCUT2D eigenvalue weighted by molar-refractivity contribution is -0.134. The summed E-state index contributed by atoms with van der Waals surface area (Å²) in [5.74, 6) is 0.333. The second kappa shape index (κ2) is 7.49. The average molecular weight is 327 g/mol. The van der Waals surface area contributed by atoms with Crippen LogP contribution in [0.15, 0.2) is 18.2 Å². The Kier molecular flexibility index (Phi) is 6.23. The Hall–Kier alpha value is -1.75. The summed E-state index contributed by atoms with van der Waals surface area (Å²) in [6, 6.07) is 5.04. The van der Waals surface area contributed by atoms with E-state index in [2.05, 4.69) is 5.32 Å². The molecule has 1 aromatic carbocycles. The van der Waals surface area contributed by atoms with E-state index in [0.717, 1.165) is 0 Å². The molecular weight excluding hydrogens is 304 g/mol. The molecule has 2 amide bonds. The molecule has 0 aromatic heterocycles. The predicted molar refractivity (Wildman–Crippen MR) is 88.4 cm³/mol. The lowest BCUT2D eigenvalue weighted by Gasteiger charge is -2.34. The van der Waals surface area contributed by atoms with E-state index in [1.165, 1.54) is 14.0 Å². The smallest absolute Gasteiger partial charge is 0.226 e. The van der Waals surface area contributed by atoms with Crippen LogP contribution in [0.5, 0.6) is 5.75 Å². The number of anilines is 1. The van der Waals surface area contributed by atoms with Gasteiger partial charge in [-0.3, -0.25) is 9.59 Å². The molecule has 1 aromatic rings. The Balaban J connectivity index is 2.63. The predicted octanol–water partition coefficient (Wildman–Crippen LogP) is 3.32. The highest BCUT2D eigenvalue weighted by Gasteiger charge is 2.24. The molecule has 0 aliphatic carbocycles. The number of carbonyl (C=O) groups excluding carboxylic acids is 2. The lowest BCUT2D eigenvalue weighted by Crippen LogP contribution is -2.45. The summed E-state index contributed by atoms with van der Waals surface area (Å²) in [4.78, 5) is 25.3. The molecule has 0 aliphatic rings. The van der Waals surface area contributed by atoms with Gasteiger partial charge in [0.2, 0.25) is 11.8 Å². The molecule has 0 fully saturated rings. The molecule has 1 rings (SSSR count). The van der Waals surface area contributed by atoms with E-state index in [9.17, 15) is 9.59 Å². The van der Waals surface area contributed by atoms with Crippen LogP contribution in [-0.4, -0.2) is 35.9 Å². The van der Waals surface area contributed by atoms with Crippen molar-refractivity contribution in [3.8, 4) is 5.75 Å². The number of benzene rings is 1. The third-order valence-electron chi connectivity index (χ3n) is 3.19. The molecule has 1 N–H and O–H groups in total. The molecule has 0 saturated heterocycles. The van der Waals surface area contributed by atoms with E-state index >= 15 is 0 Å². The van der Waals surface area contributed by atoms with Gasteiger partial charge in [0.05, 0.1) is 12.1 Å². The maximum absolute atomic E-state index is 12.0. The fourth-order valence-corrected chi connectivity index (χ4v) is 2.40. The monoisotopic (exact) mass is 326 g/mol. The molecular formula is C16H23ClN2O3. The Morgan fingerprint density at radius 3 is 2.41 bits per heavy atom. The summed E-state index contributed by atoms with van der Waals surface area (Å²) in [6.07, 6.45) is 0.223. The number of rotatable bonds is 5.